The molecule has 1 aromatic heterocycles. The van der Waals surface area contributed by atoms with Gasteiger partial charge in [-0.25, -0.2) is 8.42 Å². The van der Waals surface area contributed by atoms with Crippen molar-refractivity contribution in [1.82, 2.24) is 9.88 Å². The van der Waals surface area contributed by atoms with E-state index in [-0.39, 0.29) is 6.61 Å². The summed E-state index contributed by atoms with van der Waals surface area (Å²) in [4.78, 5) is 6.50. The molecule has 2 aromatic carbocycles. The summed E-state index contributed by atoms with van der Waals surface area (Å²) >= 11 is 12.2. The number of hydrogen-bond acceptors (Lipinski definition) is 6. The monoisotopic (exact) mass is 523 g/mol. The molecule has 0 amide bonds. The molecule has 0 bridgehead atoms. The summed E-state index contributed by atoms with van der Waals surface area (Å²) in [7, 11) is -3.34. The van der Waals surface area contributed by atoms with Gasteiger partial charge in [0, 0.05) is 31.5 Å². The van der Waals surface area contributed by atoms with Crippen LogP contribution in [0.1, 0.15) is 11.3 Å². The Bertz CT molecular complexity index is 1160. The predicted molar refractivity (Wildman–Crippen MR) is 136 cm³/mol. The van der Waals surface area contributed by atoms with Gasteiger partial charge in [0.25, 0.3) is 0 Å². The molecule has 0 spiro atoms. The minimum absolute atomic E-state index is 0.0876. The number of ether oxygens (including phenoxy) is 1. The maximum Gasteiger partial charge on any atom is 0.229 e. The van der Waals surface area contributed by atoms with Gasteiger partial charge < -0.3 is 9.84 Å². The van der Waals surface area contributed by atoms with E-state index in [1.54, 1.807) is 36.5 Å². The molecule has 0 saturated carbocycles. The lowest BCUT2D eigenvalue weighted by atomic mass is 10.1. The van der Waals surface area contributed by atoms with E-state index in [2.05, 4.69) is 14.6 Å². The second-order valence-electron chi connectivity index (χ2n) is 7.92. The van der Waals surface area contributed by atoms with E-state index < -0.39 is 16.1 Å². The zero-order valence-electron chi connectivity index (χ0n) is 18.7. The second kappa shape index (κ2) is 12.4. The van der Waals surface area contributed by atoms with Crippen molar-refractivity contribution in [2.24, 2.45) is 0 Å². The van der Waals surface area contributed by atoms with Gasteiger partial charge in [-0.3, -0.25) is 14.6 Å². The molecule has 0 unspecified atom stereocenters. The number of anilines is 1. The predicted octanol–water partition coefficient (Wildman–Crippen LogP) is 4.24. The average molecular weight is 524 g/mol. The maximum absolute atomic E-state index is 11.3. The number of hydrogen-bond donors (Lipinski definition) is 2. The van der Waals surface area contributed by atoms with Crippen LogP contribution >= 0.6 is 23.2 Å². The van der Waals surface area contributed by atoms with Crippen molar-refractivity contribution in [2.45, 2.75) is 19.1 Å². The van der Waals surface area contributed by atoms with Crippen molar-refractivity contribution < 1.29 is 18.3 Å². The highest BCUT2D eigenvalue weighted by atomic mass is 35.5. The minimum Gasteiger partial charge on any atom is -0.491 e. The van der Waals surface area contributed by atoms with Gasteiger partial charge in [-0.15, -0.1) is 0 Å². The van der Waals surface area contributed by atoms with E-state index in [0.29, 0.717) is 41.1 Å². The third-order valence-electron chi connectivity index (χ3n) is 4.88. The lowest BCUT2D eigenvalue weighted by Gasteiger charge is -2.25. The Morgan fingerprint density at radius 2 is 1.85 bits per heavy atom. The highest BCUT2D eigenvalue weighted by Crippen LogP contribution is 2.23. The van der Waals surface area contributed by atoms with Gasteiger partial charge in [0.05, 0.1) is 22.0 Å². The summed E-state index contributed by atoms with van der Waals surface area (Å²) in [5.74, 6) is 0.533. The molecular weight excluding hydrogens is 497 g/mol. The number of sulfonamides is 1. The number of benzene rings is 2. The van der Waals surface area contributed by atoms with Crippen molar-refractivity contribution >= 4 is 38.9 Å². The third kappa shape index (κ3) is 9.12. The number of halogens is 2. The third-order valence-corrected chi connectivity index (χ3v) is 6.23. The molecule has 7 nitrogen and oxygen atoms in total. The number of rotatable bonds is 12. The summed E-state index contributed by atoms with van der Waals surface area (Å²) in [6.45, 7) is 1.72. The van der Waals surface area contributed by atoms with Crippen LogP contribution < -0.4 is 9.46 Å². The molecule has 3 aromatic rings. The first kappa shape index (κ1) is 26.2. The lowest BCUT2D eigenvalue weighted by molar-refractivity contribution is 0.0655. The molecule has 182 valence electrons. The van der Waals surface area contributed by atoms with Gasteiger partial charge in [-0.1, -0.05) is 35.3 Å². The molecule has 1 heterocycles. The van der Waals surface area contributed by atoms with Gasteiger partial charge in [0.15, 0.2) is 0 Å². The van der Waals surface area contributed by atoms with Crippen LogP contribution in [0, 0.1) is 0 Å². The Kier molecular flexibility index (Phi) is 9.55. The van der Waals surface area contributed by atoms with Crippen LogP contribution in [0.2, 0.25) is 10.0 Å². The highest BCUT2D eigenvalue weighted by Gasteiger charge is 2.15. The summed E-state index contributed by atoms with van der Waals surface area (Å²) in [5, 5.41) is 11.7. The van der Waals surface area contributed by atoms with E-state index in [1.807, 2.05) is 30.3 Å². The van der Waals surface area contributed by atoms with Crippen molar-refractivity contribution in [1.29, 1.82) is 0 Å². The van der Waals surface area contributed by atoms with Crippen LogP contribution in [0.15, 0.2) is 66.9 Å². The number of nitrogens with zero attached hydrogens (tertiary/aromatic N) is 2. The Balaban J connectivity index is 1.57. The minimum atomic E-state index is -3.34. The van der Waals surface area contributed by atoms with Gasteiger partial charge in [0.2, 0.25) is 10.0 Å². The molecule has 0 aliphatic rings. The van der Waals surface area contributed by atoms with Crippen molar-refractivity contribution in [2.75, 3.05) is 30.7 Å². The van der Waals surface area contributed by atoms with E-state index in [9.17, 15) is 13.5 Å². The molecule has 0 saturated heterocycles. The molecule has 3 rings (SSSR count). The van der Waals surface area contributed by atoms with Crippen LogP contribution in [0.4, 0.5) is 5.69 Å². The number of pyridine rings is 1. The van der Waals surface area contributed by atoms with E-state index in [1.165, 1.54) is 0 Å². The smallest absolute Gasteiger partial charge is 0.229 e. The Morgan fingerprint density at radius 3 is 2.50 bits per heavy atom. The Morgan fingerprint density at radius 1 is 1.09 bits per heavy atom. The molecule has 2 N–H and O–H groups in total. The molecule has 10 heteroatoms. The van der Waals surface area contributed by atoms with Gasteiger partial charge in [-0.05, 0) is 60.5 Å². The van der Waals surface area contributed by atoms with Crippen LogP contribution in [0.5, 0.6) is 5.75 Å². The fourth-order valence-electron chi connectivity index (χ4n) is 3.31. The maximum atomic E-state index is 11.3. The SMILES string of the molecule is CS(=O)(=O)Nc1ccc(OC[C@@H](O)CN(CCc2ccc(Cl)c(Cl)c2)Cc2ccccn2)cc1. The molecule has 0 fully saturated rings. The van der Waals surface area contributed by atoms with Gasteiger partial charge in [0.1, 0.15) is 18.5 Å². The topological polar surface area (TPSA) is 91.8 Å². The average Bonchev–Trinajstić information content (AvgIpc) is 2.79. The van der Waals surface area contributed by atoms with E-state index in [4.69, 9.17) is 27.9 Å². The number of aliphatic hydroxyl groups excluding tert-OH is 1. The number of aliphatic hydroxyl groups is 1. The zero-order valence-corrected chi connectivity index (χ0v) is 21.0. The molecule has 0 aliphatic carbocycles. The van der Waals surface area contributed by atoms with Crippen molar-refractivity contribution in [3.8, 4) is 5.75 Å². The zero-order chi connectivity index (χ0) is 24.6. The van der Waals surface area contributed by atoms with Gasteiger partial charge in [-0.2, -0.15) is 0 Å². The summed E-state index contributed by atoms with van der Waals surface area (Å²) in [5.41, 5.74) is 2.40. The second-order valence-corrected chi connectivity index (χ2v) is 10.5. The van der Waals surface area contributed by atoms with Crippen LogP contribution in [0.25, 0.3) is 0 Å². The fourth-order valence-corrected chi connectivity index (χ4v) is 4.20. The van der Waals surface area contributed by atoms with Crippen LogP contribution in [-0.2, 0) is 23.0 Å². The quantitative estimate of drug-likeness (QED) is 0.368. The van der Waals surface area contributed by atoms with Crippen molar-refractivity contribution in [3.05, 3.63) is 88.2 Å². The van der Waals surface area contributed by atoms with E-state index in [0.717, 1.165) is 23.9 Å². The molecular formula is C24H27Cl2N3O4S. The van der Waals surface area contributed by atoms with Crippen molar-refractivity contribution in [3.63, 3.8) is 0 Å². The first-order chi connectivity index (χ1) is 16.2. The van der Waals surface area contributed by atoms with E-state index >= 15 is 0 Å². The summed E-state index contributed by atoms with van der Waals surface area (Å²) in [6.07, 6.45) is 2.82. The van der Waals surface area contributed by atoms with Crippen LogP contribution in [-0.4, -0.2) is 55.5 Å². The number of aromatic nitrogens is 1. The Hall–Kier alpha value is -2.36. The first-order valence-corrected chi connectivity index (χ1v) is 13.3. The molecule has 34 heavy (non-hydrogen) atoms. The Labute approximate surface area is 210 Å². The number of nitrogens with one attached hydrogen (secondary N) is 1. The highest BCUT2D eigenvalue weighted by molar-refractivity contribution is 7.92. The standard InChI is InChI=1S/C24H27Cl2N3O4S/c1-34(31,32)28-19-6-8-22(9-7-19)33-17-21(30)16-29(15-20-4-2-3-12-27-20)13-11-18-5-10-23(25)24(26)14-18/h2-10,12,14,21,28,30H,11,13,15-17H2,1H3/t21-/m0/s1. The largest absolute Gasteiger partial charge is 0.491 e. The lowest BCUT2D eigenvalue weighted by Crippen LogP contribution is -2.36. The normalized spacial score (nSPS) is 12.5. The van der Waals surface area contributed by atoms with Gasteiger partial charge >= 0.3 is 0 Å². The molecule has 1 atom stereocenters. The molecule has 0 aliphatic heterocycles. The molecule has 0 radical (unpaired) electrons. The first-order valence-electron chi connectivity index (χ1n) is 10.6. The summed E-state index contributed by atoms with van der Waals surface area (Å²) in [6, 6.07) is 17.8. The fraction of sp³-hybridized carbons (Fsp3) is 0.292. The summed E-state index contributed by atoms with van der Waals surface area (Å²) < 4.78 is 30.7. The van der Waals surface area contributed by atoms with Crippen LogP contribution in [0.3, 0.4) is 0 Å².